The highest BCUT2D eigenvalue weighted by Gasteiger charge is 1.99. The number of hydrogen-bond donors (Lipinski definition) is 1. The average Bonchev–Trinajstić information content (AvgIpc) is 2.37. The van der Waals surface area contributed by atoms with Crippen molar-refractivity contribution in [2.24, 2.45) is 5.73 Å². The summed E-state index contributed by atoms with van der Waals surface area (Å²) in [5.74, 6) is 0.934. The van der Waals surface area contributed by atoms with Gasteiger partial charge in [0.25, 0.3) is 0 Å². The average molecular weight is 255 g/mol. The Hall–Kier alpha value is -1.80. The van der Waals surface area contributed by atoms with E-state index in [1.54, 1.807) is 0 Å². The Balaban J connectivity index is 1.98. The summed E-state index contributed by atoms with van der Waals surface area (Å²) < 4.78 is 5.83. The monoisotopic (exact) mass is 255 g/mol. The normalized spacial score (nSPS) is 10.5. The first kappa shape index (κ1) is 13.6. The summed E-state index contributed by atoms with van der Waals surface area (Å²) in [5.41, 5.74) is 10.5. The van der Waals surface area contributed by atoms with Crippen molar-refractivity contribution in [1.82, 2.24) is 0 Å². The number of aryl methyl sites for hydroxylation is 2. The van der Waals surface area contributed by atoms with Gasteiger partial charge >= 0.3 is 0 Å². The highest BCUT2D eigenvalue weighted by molar-refractivity contribution is 5.33. The highest BCUT2D eigenvalue weighted by Crippen LogP contribution is 2.17. The minimum absolute atomic E-state index is 0.603. The minimum atomic E-state index is 0.603. The van der Waals surface area contributed by atoms with Crippen molar-refractivity contribution in [3.63, 3.8) is 0 Å². The van der Waals surface area contributed by atoms with Crippen LogP contribution in [0.4, 0.5) is 0 Å². The molecule has 0 spiro atoms. The highest BCUT2D eigenvalue weighted by atomic mass is 16.5. The molecule has 2 nitrogen and oxygen atoms in total. The fourth-order valence-electron chi connectivity index (χ4n) is 2.15. The number of ether oxygens (including phenoxy) is 1. The van der Waals surface area contributed by atoms with E-state index in [1.165, 1.54) is 22.3 Å². The maximum atomic E-state index is 5.83. The van der Waals surface area contributed by atoms with Crippen LogP contribution < -0.4 is 10.5 Å². The Bertz CT molecular complexity index is 511. The number of benzene rings is 2. The third kappa shape index (κ3) is 4.11. The van der Waals surface area contributed by atoms with Crippen LogP contribution in [0.2, 0.25) is 0 Å². The van der Waals surface area contributed by atoms with Gasteiger partial charge in [0.15, 0.2) is 0 Å². The molecule has 2 heteroatoms. The maximum absolute atomic E-state index is 5.83. The molecule has 2 N–H and O–H groups in total. The summed E-state index contributed by atoms with van der Waals surface area (Å²) in [6, 6.07) is 14.7. The summed E-state index contributed by atoms with van der Waals surface area (Å²) in [6.07, 6.45) is 0.929. The predicted octanol–water partition coefficient (Wildman–Crippen LogP) is 3.38. The molecule has 0 aliphatic rings. The van der Waals surface area contributed by atoms with E-state index in [0.29, 0.717) is 13.2 Å². The van der Waals surface area contributed by atoms with Crippen molar-refractivity contribution in [3.8, 4) is 5.75 Å². The fraction of sp³-hybridized carbons (Fsp3) is 0.294. The van der Waals surface area contributed by atoms with Gasteiger partial charge in [-0.25, -0.2) is 0 Å². The largest absolute Gasteiger partial charge is 0.489 e. The van der Waals surface area contributed by atoms with Crippen LogP contribution in [-0.2, 0) is 13.0 Å². The molecule has 0 unspecified atom stereocenters. The lowest BCUT2D eigenvalue weighted by molar-refractivity contribution is 0.306. The number of nitrogens with two attached hydrogens (primary N) is 1. The molecule has 0 aromatic heterocycles. The van der Waals surface area contributed by atoms with E-state index >= 15 is 0 Å². The second-order valence-electron chi connectivity index (χ2n) is 4.97. The van der Waals surface area contributed by atoms with Gasteiger partial charge in [-0.3, -0.25) is 0 Å². The van der Waals surface area contributed by atoms with Crippen LogP contribution in [0.15, 0.2) is 42.5 Å². The van der Waals surface area contributed by atoms with Gasteiger partial charge in [-0.15, -0.1) is 0 Å². The van der Waals surface area contributed by atoms with Crippen molar-refractivity contribution >= 4 is 0 Å². The number of rotatable bonds is 5. The van der Waals surface area contributed by atoms with Gasteiger partial charge in [0.1, 0.15) is 12.4 Å². The standard InChI is InChI=1S/C17H21NO/c1-13-9-14(2)11-17(10-13)19-12-16-5-3-15(4-6-16)7-8-18/h3-6,9-11H,7-8,12,18H2,1-2H3. The summed E-state index contributed by atoms with van der Waals surface area (Å²) in [7, 11) is 0. The van der Waals surface area contributed by atoms with Crippen molar-refractivity contribution in [3.05, 3.63) is 64.7 Å². The molecule has 0 saturated heterocycles. The Kier molecular flexibility index (Phi) is 4.58. The smallest absolute Gasteiger partial charge is 0.120 e. The third-order valence-electron chi connectivity index (χ3n) is 3.06. The maximum Gasteiger partial charge on any atom is 0.120 e. The molecule has 0 bridgehead atoms. The first-order chi connectivity index (χ1) is 9.17. The van der Waals surface area contributed by atoms with Gasteiger partial charge in [-0.2, -0.15) is 0 Å². The van der Waals surface area contributed by atoms with Crippen LogP contribution >= 0.6 is 0 Å². The van der Waals surface area contributed by atoms with E-state index in [2.05, 4.69) is 56.3 Å². The molecule has 0 amide bonds. The van der Waals surface area contributed by atoms with Crippen LogP contribution in [0.1, 0.15) is 22.3 Å². The van der Waals surface area contributed by atoms with Gasteiger partial charge < -0.3 is 10.5 Å². The molecule has 0 aliphatic carbocycles. The van der Waals surface area contributed by atoms with Gasteiger partial charge in [-0.1, -0.05) is 30.3 Å². The van der Waals surface area contributed by atoms with Gasteiger partial charge in [0, 0.05) is 0 Å². The molecule has 100 valence electrons. The van der Waals surface area contributed by atoms with Crippen LogP contribution in [0, 0.1) is 13.8 Å². The lowest BCUT2D eigenvalue weighted by Crippen LogP contribution is -2.03. The SMILES string of the molecule is Cc1cc(C)cc(OCc2ccc(CCN)cc2)c1. The second-order valence-corrected chi connectivity index (χ2v) is 4.97. The lowest BCUT2D eigenvalue weighted by Gasteiger charge is -2.09. The minimum Gasteiger partial charge on any atom is -0.489 e. The molecular weight excluding hydrogens is 234 g/mol. The number of hydrogen-bond acceptors (Lipinski definition) is 2. The predicted molar refractivity (Wildman–Crippen MR) is 79.4 cm³/mol. The van der Waals surface area contributed by atoms with Crippen LogP contribution in [0.25, 0.3) is 0 Å². The molecule has 19 heavy (non-hydrogen) atoms. The Morgan fingerprint density at radius 1 is 0.895 bits per heavy atom. The van der Waals surface area contributed by atoms with Gasteiger partial charge in [-0.05, 0) is 61.2 Å². The van der Waals surface area contributed by atoms with Gasteiger partial charge in [0.05, 0.1) is 0 Å². The molecule has 0 heterocycles. The van der Waals surface area contributed by atoms with Crippen LogP contribution in [-0.4, -0.2) is 6.54 Å². The van der Waals surface area contributed by atoms with Gasteiger partial charge in [0.2, 0.25) is 0 Å². The topological polar surface area (TPSA) is 35.2 Å². The third-order valence-corrected chi connectivity index (χ3v) is 3.06. The quantitative estimate of drug-likeness (QED) is 0.889. The molecule has 2 aromatic rings. The second kappa shape index (κ2) is 6.39. The molecule has 0 atom stereocenters. The molecule has 2 rings (SSSR count). The lowest BCUT2D eigenvalue weighted by atomic mass is 10.1. The molecule has 2 aromatic carbocycles. The zero-order valence-corrected chi connectivity index (χ0v) is 11.6. The van der Waals surface area contributed by atoms with E-state index in [1.807, 2.05) is 0 Å². The van der Waals surface area contributed by atoms with E-state index in [-0.39, 0.29) is 0 Å². The Morgan fingerprint density at radius 3 is 2.05 bits per heavy atom. The zero-order chi connectivity index (χ0) is 13.7. The Morgan fingerprint density at radius 2 is 1.47 bits per heavy atom. The van der Waals surface area contributed by atoms with Crippen molar-refractivity contribution in [2.75, 3.05) is 6.54 Å². The van der Waals surface area contributed by atoms with Crippen LogP contribution in [0.5, 0.6) is 5.75 Å². The van der Waals surface area contributed by atoms with E-state index in [4.69, 9.17) is 10.5 Å². The molecule has 0 saturated carbocycles. The summed E-state index contributed by atoms with van der Waals surface area (Å²) in [5, 5.41) is 0. The first-order valence-corrected chi connectivity index (χ1v) is 6.66. The molecule has 0 aliphatic heterocycles. The molecular formula is C17H21NO. The van der Waals surface area contributed by atoms with Crippen LogP contribution in [0.3, 0.4) is 0 Å². The fourth-order valence-corrected chi connectivity index (χ4v) is 2.15. The summed E-state index contributed by atoms with van der Waals surface area (Å²) in [4.78, 5) is 0. The van der Waals surface area contributed by atoms with Crippen molar-refractivity contribution < 1.29 is 4.74 Å². The van der Waals surface area contributed by atoms with E-state index < -0.39 is 0 Å². The van der Waals surface area contributed by atoms with Crippen molar-refractivity contribution in [2.45, 2.75) is 26.9 Å². The van der Waals surface area contributed by atoms with E-state index in [0.717, 1.165) is 12.2 Å². The van der Waals surface area contributed by atoms with Crippen molar-refractivity contribution in [1.29, 1.82) is 0 Å². The Labute approximate surface area is 115 Å². The summed E-state index contributed by atoms with van der Waals surface area (Å²) in [6.45, 7) is 5.47. The summed E-state index contributed by atoms with van der Waals surface area (Å²) >= 11 is 0. The zero-order valence-electron chi connectivity index (χ0n) is 11.6. The molecule has 0 fully saturated rings. The molecule has 0 radical (unpaired) electrons. The van der Waals surface area contributed by atoms with E-state index in [9.17, 15) is 0 Å². The first-order valence-electron chi connectivity index (χ1n) is 6.66.